The van der Waals surface area contributed by atoms with Gasteiger partial charge in [-0.15, -0.1) is 0 Å². The number of nitrogens with zero attached hydrogens (tertiary/aromatic N) is 4. The third-order valence-corrected chi connectivity index (χ3v) is 3.96. The molecule has 0 radical (unpaired) electrons. The summed E-state index contributed by atoms with van der Waals surface area (Å²) < 4.78 is 5.56. The molecule has 128 valence electrons. The molecular weight excluding hydrogens is 292 g/mol. The first-order valence-electron chi connectivity index (χ1n) is 8.26. The minimum absolute atomic E-state index is 0.144. The van der Waals surface area contributed by atoms with Gasteiger partial charge >= 0.3 is 6.09 Å². The summed E-state index contributed by atoms with van der Waals surface area (Å²) in [6, 6.07) is 0.144. The van der Waals surface area contributed by atoms with Crippen LogP contribution in [-0.2, 0) is 4.74 Å². The van der Waals surface area contributed by atoms with Gasteiger partial charge in [0.05, 0.1) is 11.7 Å². The highest BCUT2D eigenvalue weighted by atomic mass is 16.6. The Morgan fingerprint density at radius 2 is 2.04 bits per heavy atom. The molecule has 1 aliphatic heterocycles. The molecule has 1 fully saturated rings. The first-order chi connectivity index (χ1) is 10.8. The summed E-state index contributed by atoms with van der Waals surface area (Å²) in [5.74, 6) is 0.863. The van der Waals surface area contributed by atoms with Crippen molar-refractivity contribution < 1.29 is 9.53 Å². The molecule has 0 unspecified atom stereocenters. The van der Waals surface area contributed by atoms with Crippen LogP contribution in [0.5, 0.6) is 0 Å². The summed E-state index contributed by atoms with van der Waals surface area (Å²) in [5.41, 5.74) is 0.432. The lowest BCUT2D eigenvalue weighted by atomic mass is 10.0. The molecule has 1 atom stereocenters. The minimum Gasteiger partial charge on any atom is -0.444 e. The van der Waals surface area contributed by atoms with Crippen LogP contribution in [0.4, 0.5) is 10.6 Å². The number of carbonyl (C=O) groups is 1. The number of rotatable bonds is 3. The molecule has 1 aliphatic rings. The lowest BCUT2D eigenvalue weighted by Gasteiger charge is -2.38. The van der Waals surface area contributed by atoms with E-state index < -0.39 is 5.60 Å². The van der Waals surface area contributed by atoms with E-state index in [1.54, 1.807) is 12.4 Å². The lowest BCUT2D eigenvalue weighted by Crippen LogP contribution is -2.50. The van der Waals surface area contributed by atoms with Crippen molar-refractivity contribution in [3.63, 3.8) is 0 Å². The molecule has 1 aromatic rings. The molecule has 0 N–H and O–H groups in total. The topological polar surface area (TPSA) is 58.6 Å². The van der Waals surface area contributed by atoms with E-state index in [2.05, 4.69) is 14.9 Å². The number of aromatic nitrogens is 2. The maximum atomic E-state index is 12.5. The van der Waals surface area contributed by atoms with Crippen molar-refractivity contribution >= 4 is 11.9 Å². The number of likely N-dealkylation sites (tertiary alicyclic amines) is 1. The van der Waals surface area contributed by atoms with E-state index in [4.69, 9.17) is 4.74 Å². The molecule has 0 saturated carbocycles. The zero-order valence-electron chi connectivity index (χ0n) is 14.9. The molecular formula is C17H28N4O2. The Balaban J connectivity index is 2.06. The molecule has 2 heterocycles. The first kappa shape index (κ1) is 17.5. The van der Waals surface area contributed by atoms with Gasteiger partial charge in [0, 0.05) is 32.5 Å². The van der Waals surface area contributed by atoms with Gasteiger partial charge in [-0.3, -0.25) is 4.98 Å². The van der Waals surface area contributed by atoms with E-state index in [0.717, 1.165) is 43.9 Å². The van der Waals surface area contributed by atoms with Gasteiger partial charge in [0.25, 0.3) is 0 Å². The van der Waals surface area contributed by atoms with Gasteiger partial charge in [-0.05, 0) is 47.0 Å². The number of carbonyl (C=O) groups excluding carboxylic acids is 1. The van der Waals surface area contributed by atoms with Crippen molar-refractivity contribution in [2.24, 2.45) is 0 Å². The number of piperidine rings is 1. The fourth-order valence-electron chi connectivity index (χ4n) is 2.93. The molecule has 1 aromatic heterocycles. The van der Waals surface area contributed by atoms with Crippen LogP contribution in [0.15, 0.2) is 12.4 Å². The van der Waals surface area contributed by atoms with Crippen LogP contribution in [0.25, 0.3) is 0 Å². The Bertz CT molecular complexity index is 542. The van der Waals surface area contributed by atoms with E-state index in [-0.39, 0.29) is 12.1 Å². The maximum Gasteiger partial charge on any atom is 0.410 e. The van der Waals surface area contributed by atoms with Crippen molar-refractivity contribution in [1.29, 1.82) is 0 Å². The second-order valence-corrected chi connectivity index (χ2v) is 7.17. The Hall–Kier alpha value is -1.85. The van der Waals surface area contributed by atoms with Gasteiger partial charge in [-0.25, -0.2) is 9.78 Å². The highest BCUT2D eigenvalue weighted by molar-refractivity contribution is 5.68. The molecule has 0 aliphatic carbocycles. The number of hydrogen-bond acceptors (Lipinski definition) is 5. The van der Waals surface area contributed by atoms with Crippen molar-refractivity contribution in [3.05, 3.63) is 18.1 Å². The Kier molecular flexibility index (Phi) is 5.44. The van der Waals surface area contributed by atoms with Crippen LogP contribution in [-0.4, -0.2) is 52.7 Å². The fourth-order valence-corrected chi connectivity index (χ4v) is 2.93. The van der Waals surface area contributed by atoms with E-state index >= 15 is 0 Å². The average molecular weight is 320 g/mol. The average Bonchev–Trinajstić information content (AvgIpc) is 2.46. The van der Waals surface area contributed by atoms with Crippen molar-refractivity contribution in [2.75, 3.05) is 25.0 Å². The summed E-state index contributed by atoms with van der Waals surface area (Å²) >= 11 is 0. The fraction of sp³-hybridized carbons (Fsp3) is 0.706. The monoisotopic (exact) mass is 320 g/mol. The number of amides is 1. The van der Waals surface area contributed by atoms with Gasteiger partial charge in [0.1, 0.15) is 11.4 Å². The smallest absolute Gasteiger partial charge is 0.410 e. The third-order valence-electron chi connectivity index (χ3n) is 3.96. The summed E-state index contributed by atoms with van der Waals surface area (Å²) in [7, 11) is 2.00. The zero-order valence-corrected chi connectivity index (χ0v) is 14.9. The Morgan fingerprint density at radius 1 is 1.35 bits per heavy atom. The van der Waals surface area contributed by atoms with Crippen molar-refractivity contribution in [2.45, 2.75) is 58.6 Å². The van der Waals surface area contributed by atoms with E-state index in [1.807, 2.05) is 39.6 Å². The van der Waals surface area contributed by atoms with E-state index in [9.17, 15) is 4.79 Å². The number of anilines is 1. The van der Waals surface area contributed by atoms with E-state index in [0.29, 0.717) is 0 Å². The summed E-state index contributed by atoms with van der Waals surface area (Å²) in [5, 5.41) is 0. The summed E-state index contributed by atoms with van der Waals surface area (Å²) in [6.07, 6.45) is 6.33. The van der Waals surface area contributed by atoms with Gasteiger partial charge < -0.3 is 14.5 Å². The van der Waals surface area contributed by atoms with Crippen LogP contribution in [0.1, 0.15) is 45.7 Å². The Morgan fingerprint density at radius 3 is 2.70 bits per heavy atom. The first-order valence-corrected chi connectivity index (χ1v) is 8.26. The summed E-state index contributed by atoms with van der Waals surface area (Å²) in [6.45, 7) is 9.15. The van der Waals surface area contributed by atoms with Crippen molar-refractivity contribution in [3.8, 4) is 0 Å². The SMILES string of the molecule is Cc1nccnc1N(C)C[C@H]1CCCCN1C(=O)OC(C)(C)C. The van der Waals surface area contributed by atoms with Gasteiger partial charge in [0.2, 0.25) is 0 Å². The van der Waals surface area contributed by atoms with Gasteiger partial charge in [-0.2, -0.15) is 0 Å². The molecule has 23 heavy (non-hydrogen) atoms. The van der Waals surface area contributed by atoms with Gasteiger partial charge in [0.15, 0.2) is 0 Å². The van der Waals surface area contributed by atoms with E-state index in [1.165, 1.54) is 0 Å². The normalized spacial score (nSPS) is 18.7. The molecule has 0 spiro atoms. The second kappa shape index (κ2) is 7.15. The zero-order chi connectivity index (χ0) is 17.0. The van der Waals surface area contributed by atoms with Crippen LogP contribution >= 0.6 is 0 Å². The second-order valence-electron chi connectivity index (χ2n) is 7.17. The molecule has 6 heteroatoms. The van der Waals surface area contributed by atoms with Crippen LogP contribution < -0.4 is 4.90 Å². The molecule has 6 nitrogen and oxygen atoms in total. The number of ether oxygens (including phenoxy) is 1. The van der Waals surface area contributed by atoms with Crippen LogP contribution in [0.2, 0.25) is 0 Å². The maximum absolute atomic E-state index is 12.5. The highest BCUT2D eigenvalue weighted by Gasteiger charge is 2.31. The van der Waals surface area contributed by atoms with Crippen molar-refractivity contribution in [1.82, 2.24) is 14.9 Å². The highest BCUT2D eigenvalue weighted by Crippen LogP contribution is 2.22. The lowest BCUT2D eigenvalue weighted by molar-refractivity contribution is 0.0108. The summed E-state index contributed by atoms with van der Waals surface area (Å²) in [4.78, 5) is 25.1. The predicted molar refractivity (Wildman–Crippen MR) is 90.6 cm³/mol. The van der Waals surface area contributed by atoms with Gasteiger partial charge in [-0.1, -0.05) is 0 Å². The molecule has 1 saturated heterocycles. The number of hydrogen-bond donors (Lipinski definition) is 0. The Labute approximate surface area is 138 Å². The van der Waals surface area contributed by atoms with Crippen LogP contribution in [0, 0.1) is 6.92 Å². The third kappa shape index (κ3) is 4.81. The predicted octanol–water partition coefficient (Wildman–Crippen LogP) is 3.01. The molecule has 1 amide bonds. The quantitative estimate of drug-likeness (QED) is 0.857. The molecule has 0 bridgehead atoms. The van der Waals surface area contributed by atoms with Crippen LogP contribution in [0.3, 0.4) is 0 Å². The number of likely N-dealkylation sites (N-methyl/N-ethyl adjacent to an activating group) is 1. The molecule has 0 aromatic carbocycles. The number of aryl methyl sites for hydroxylation is 1. The largest absolute Gasteiger partial charge is 0.444 e. The minimum atomic E-state index is -0.466. The molecule has 2 rings (SSSR count). The standard InChI is InChI=1S/C17H28N4O2/c1-13-15(19-10-9-18-13)20(5)12-14-8-6-7-11-21(14)16(22)23-17(2,3)4/h9-10,14H,6-8,11-12H2,1-5H3/t14-/m1/s1.